The van der Waals surface area contributed by atoms with Crippen molar-refractivity contribution in [2.75, 3.05) is 32.5 Å². The molecule has 3 N–H and O–H groups in total. The third-order valence-corrected chi connectivity index (χ3v) is 4.88. The van der Waals surface area contributed by atoms with Crippen molar-refractivity contribution in [3.63, 3.8) is 0 Å². The van der Waals surface area contributed by atoms with Gasteiger partial charge in [0.2, 0.25) is 10.0 Å². The van der Waals surface area contributed by atoms with Gasteiger partial charge < -0.3 is 11.1 Å². The van der Waals surface area contributed by atoms with Crippen molar-refractivity contribution in [3.05, 3.63) is 18.3 Å². The predicted octanol–water partition coefficient (Wildman–Crippen LogP) is 1.12. The lowest BCUT2D eigenvalue weighted by molar-refractivity contribution is 0.365. The van der Waals surface area contributed by atoms with Gasteiger partial charge in [0.25, 0.3) is 0 Å². The summed E-state index contributed by atoms with van der Waals surface area (Å²) in [7, 11) is -0.425. The molecular weight excluding hydrogens is 276 g/mol. The molecule has 0 aliphatic heterocycles. The highest BCUT2D eigenvalue weighted by molar-refractivity contribution is 7.89. The Morgan fingerprint density at radius 1 is 1.35 bits per heavy atom. The molecule has 0 atom stereocenters. The maximum Gasteiger partial charge on any atom is 0.244 e. The molecule has 1 rings (SSSR count). The lowest BCUT2D eigenvalue weighted by Gasteiger charge is -2.24. The van der Waals surface area contributed by atoms with Crippen molar-refractivity contribution in [1.82, 2.24) is 9.29 Å². The summed E-state index contributed by atoms with van der Waals surface area (Å²) in [5, 5.41) is 3.20. The first-order valence-corrected chi connectivity index (χ1v) is 7.95. The van der Waals surface area contributed by atoms with Crippen LogP contribution in [0.5, 0.6) is 0 Å². The zero-order valence-corrected chi connectivity index (χ0v) is 13.4. The van der Waals surface area contributed by atoms with Crippen LogP contribution in [0.15, 0.2) is 23.2 Å². The molecule has 1 aromatic heterocycles. The summed E-state index contributed by atoms with van der Waals surface area (Å²) < 4.78 is 25.0. The number of hydrogen-bond acceptors (Lipinski definition) is 5. The van der Waals surface area contributed by atoms with Crippen molar-refractivity contribution >= 4 is 15.8 Å². The first kappa shape index (κ1) is 16.9. The number of rotatable bonds is 7. The van der Waals surface area contributed by atoms with E-state index >= 15 is 0 Å². The van der Waals surface area contributed by atoms with Crippen LogP contribution in [0, 0.1) is 5.41 Å². The SMILES string of the molecule is CN(C)S(=O)(=O)c1ccc(NCC(C)(C)CCN)nc1. The maximum atomic E-state index is 11.9. The second kappa shape index (κ2) is 6.51. The summed E-state index contributed by atoms with van der Waals surface area (Å²) in [5.74, 6) is 0.660. The van der Waals surface area contributed by atoms with Crippen LogP contribution in [-0.2, 0) is 10.0 Å². The Balaban J connectivity index is 2.74. The van der Waals surface area contributed by atoms with Crippen LogP contribution in [0.25, 0.3) is 0 Å². The van der Waals surface area contributed by atoms with Gasteiger partial charge in [0.15, 0.2) is 0 Å². The molecule has 6 nitrogen and oxygen atoms in total. The number of sulfonamides is 1. The Bertz CT molecular complexity index is 524. The fourth-order valence-electron chi connectivity index (χ4n) is 1.66. The van der Waals surface area contributed by atoms with E-state index in [2.05, 4.69) is 24.1 Å². The van der Waals surface area contributed by atoms with E-state index in [4.69, 9.17) is 5.73 Å². The zero-order chi connectivity index (χ0) is 15.4. The minimum atomic E-state index is -3.42. The van der Waals surface area contributed by atoms with E-state index in [1.807, 2.05) is 0 Å². The van der Waals surface area contributed by atoms with Crippen molar-refractivity contribution in [2.45, 2.75) is 25.2 Å². The van der Waals surface area contributed by atoms with E-state index in [0.29, 0.717) is 12.4 Å². The second-order valence-corrected chi connectivity index (χ2v) is 7.87. The van der Waals surface area contributed by atoms with Gasteiger partial charge in [-0.15, -0.1) is 0 Å². The van der Waals surface area contributed by atoms with Gasteiger partial charge in [0.05, 0.1) is 0 Å². The molecule has 0 radical (unpaired) electrons. The molecule has 1 heterocycles. The van der Waals surface area contributed by atoms with Crippen LogP contribution >= 0.6 is 0 Å². The molecule has 0 spiro atoms. The van der Waals surface area contributed by atoms with Gasteiger partial charge in [-0.3, -0.25) is 0 Å². The maximum absolute atomic E-state index is 11.9. The molecular formula is C13H24N4O2S. The highest BCUT2D eigenvalue weighted by Gasteiger charge is 2.18. The molecule has 0 aliphatic carbocycles. The predicted molar refractivity (Wildman–Crippen MR) is 81.1 cm³/mol. The molecule has 1 aromatic rings. The first-order valence-electron chi connectivity index (χ1n) is 6.51. The monoisotopic (exact) mass is 300 g/mol. The smallest absolute Gasteiger partial charge is 0.244 e. The number of pyridine rings is 1. The second-order valence-electron chi connectivity index (χ2n) is 5.72. The molecule has 0 unspecified atom stereocenters. The van der Waals surface area contributed by atoms with Crippen LogP contribution in [0.3, 0.4) is 0 Å². The highest BCUT2D eigenvalue weighted by atomic mass is 32.2. The summed E-state index contributed by atoms with van der Waals surface area (Å²) in [6, 6.07) is 3.23. The Labute approximate surface area is 121 Å². The zero-order valence-electron chi connectivity index (χ0n) is 12.5. The van der Waals surface area contributed by atoms with Gasteiger partial charge in [0.1, 0.15) is 10.7 Å². The van der Waals surface area contributed by atoms with E-state index in [1.165, 1.54) is 24.6 Å². The molecule has 0 saturated heterocycles. The van der Waals surface area contributed by atoms with Crippen molar-refractivity contribution < 1.29 is 8.42 Å². The Morgan fingerprint density at radius 3 is 2.45 bits per heavy atom. The molecule has 0 bridgehead atoms. The van der Waals surface area contributed by atoms with Gasteiger partial charge in [0, 0.05) is 26.8 Å². The average molecular weight is 300 g/mol. The third kappa shape index (κ3) is 4.43. The summed E-state index contributed by atoms with van der Waals surface area (Å²) >= 11 is 0. The number of anilines is 1. The van der Waals surface area contributed by atoms with Crippen molar-refractivity contribution in [2.24, 2.45) is 11.1 Å². The molecule has 0 fully saturated rings. The van der Waals surface area contributed by atoms with Gasteiger partial charge >= 0.3 is 0 Å². The number of nitrogens with two attached hydrogens (primary N) is 1. The van der Waals surface area contributed by atoms with Crippen molar-refractivity contribution in [1.29, 1.82) is 0 Å². The standard InChI is InChI=1S/C13H24N4O2S/c1-13(2,7-8-14)10-16-12-6-5-11(9-15-12)20(18,19)17(3)4/h5-6,9H,7-8,10,14H2,1-4H3,(H,15,16). The average Bonchev–Trinajstić information content (AvgIpc) is 2.37. The summed E-state index contributed by atoms with van der Waals surface area (Å²) in [6.45, 7) is 5.62. The summed E-state index contributed by atoms with van der Waals surface area (Å²) in [5.41, 5.74) is 5.64. The van der Waals surface area contributed by atoms with E-state index < -0.39 is 10.0 Å². The molecule has 0 amide bonds. The van der Waals surface area contributed by atoms with Crippen LogP contribution in [-0.4, -0.2) is 44.9 Å². The number of nitrogens with zero attached hydrogens (tertiary/aromatic N) is 2. The topological polar surface area (TPSA) is 88.3 Å². The van der Waals surface area contributed by atoms with Gasteiger partial charge in [-0.05, 0) is 30.5 Å². The van der Waals surface area contributed by atoms with Crippen LogP contribution in [0.4, 0.5) is 5.82 Å². The van der Waals surface area contributed by atoms with E-state index in [0.717, 1.165) is 13.0 Å². The highest BCUT2D eigenvalue weighted by Crippen LogP contribution is 2.20. The molecule has 20 heavy (non-hydrogen) atoms. The number of nitrogens with one attached hydrogen (secondary N) is 1. The number of hydrogen-bond donors (Lipinski definition) is 2. The van der Waals surface area contributed by atoms with E-state index in [1.54, 1.807) is 12.1 Å². The Kier molecular flexibility index (Phi) is 5.50. The van der Waals surface area contributed by atoms with E-state index in [-0.39, 0.29) is 10.3 Å². The van der Waals surface area contributed by atoms with Gasteiger partial charge in [-0.25, -0.2) is 17.7 Å². The Morgan fingerprint density at radius 2 is 2.00 bits per heavy atom. The molecule has 0 aromatic carbocycles. The summed E-state index contributed by atoms with van der Waals surface area (Å²) in [4.78, 5) is 4.33. The van der Waals surface area contributed by atoms with Crippen LogP contribution in [0.1, 0.15) is 20.3 Å². The molecule has 0 saturated carbocycles. The fourth-order valence-corrected chi connectivity index (χ4v) is 2.50. The Hall–Kier alpha value is -1.18. The largest absolute Gasteiger partial charge is 0.370 e. The first-order chi connectivity index (χ1) is 9.19. The van der Waals surface area contributed by atoms with E-state index in [9.17, 15) is 8.42 Å². The van der Waals surface area contributed by atoms with Crippen LogP contribution in [0.2, 0.25) is 0 Å². The molecule has 7 heteroatoms. The summed E-state index contributed by atoms with van der Waals surface area (Å²) in [6.07, 6.45) is 2.28. The van der Waals surface area contributed by atoms with Gasteiger partial charge in [-0.2, -0.15) is 0 Å². The molecule has 114 valence electrons. The lowest BCUT2D eigenvalue weighted by atomic mass is 9.89. The molecule has 0 aliphatic rings. The fraction of sp³-hybridized carbons (Fsp3) is 0.615. The van der Waals surface area contributed by atoms with Crippen molar-refractivity contribution in [3.8, 4) is 0 Å². The quantitative estimate of drug-likeness (QED) is 0.788. The van der Waals surface area contributed by atoms with Crippen LogP contribution < -0.4 is 11.1 Å². The third-order valence-electron chi connectivity index (χ3n) is 3.08. The normalized spacial score (nSPS) is 12.7. The minimum Gasteiger partial charge on any atom is -0.370 e. The lowest BCUT2D eigenvalue weighted by Crippen LogP contribution is -2.26. The number of aromatic nitrogens is 1. The minimum absolute atomic E-state index is 0.0742. The van der Waals surface area contributed by atoms with Gasteiger partial charge in [-0.1, -0.05) is 13.8 Å².